The molecule has 3 aromatic rings. The summed E-state index contributed by atoms with van der Waals surface area (Å²) in [5.41, 5.74) is 1.78. The van der Waals surface area contributed by atoms with E-state index in [1.807, 2.05) is 56.3 Å². The Morgan fingerprint density at radius 3 is 2.23 bits per heavy atom. The second kappa shape index (κ2) is 13.2. The molecule has 0 aromatic heterocycles. The number of carbonyl (C=O) groups excluding carboxylic acids is 2. The van der Waals surface area contributed by atoms with Gasteiger partial charge in [0.2, 0.25) is 5.91 Å². The van der Waals surface area contributed by atoms with Gasteiger partial charge in [-0.3, -0.25) is 9.59 Å². The molecule has 0 saturated heterocycles. The van der Waals surface area contributed by atoms with Crippen LogP contribution in [0.25, 0.3) is 0 Å². The lowest BCUT2D eigenvalue weighted by atomic mass is 10.0. The molecule has 1 N–H and O–H groups in total. The van der Waals surface area contributed by atoms with E-state index < -0.39 is 6.04 Å². The summed E-state index contributed by atoms with van der Waals surface area (Å²) in [5, 5.41) is 4.15. The van der Waals surface area contributed by atoms with Gasteiger partial charge in [-0.2, -0.15) is 0 Å². The topological polar surface area (TPSA) is 58.6 Å². The maximum absolute atomic E-state index is 13.5. The highest BCUT2D eigenvalue weighted by molar-refractivity contribution is 6.30. The summed E-state index contributed by atoms with van der Waals surface area (Å²) in [6.45, 7) is 4.58. The molecule has 2 amide bonds. The van der Waals surface area contributed by atoms with Crippen molar-refractivity contribution in [2.75, 3.05) is 13.2 Å². The van der Waals surface area contributed by atoms with Gasteiger partial charge in [-0.25, -0.2) is 0 Å². The second-order valence-corrected chi connectivity index (χ2v) is 9.61. The molecule has 0 saturated carbocycles. The van der Waals surface area contributed by atoms with Crippen LogP contribution >= 0.6 is 23.2 Å². The lowest BCUT2D eigenvalue weighted by molar-refractivity contribution is -0.142. The Bertz CT molecular complexity index is 1100. The molecular weight excluding hydrogens is 483 g/mol. The molecule has 0 radical (unpaired) electrons. The Morgan fingerprint density at radius 2 is 1.57 bits per heavy atom. The van der Waals surface area contributed by atoms with E-state index in [0.717, 1.165) is 11.1 Å². The number of nitrogens with one attached hydrogen (secondary N) is 1. The first-order chi connectivity index (χ1) is 16.8. The summed E-state index contributed by atoms with van der Waals surface area (Å²) in [4.78, 5) is 28.5. The molecule has 0 aliphatic rings. The molecule has 3 aromatic carbocycles. The number of hydrogen-bond donors (Lipinski definition) is 1. The maximum atomic E-state index is 13.5. The number of hydrogen-bond acceptors (Lipinski definition) is 3. The predicted octanol–water partition coefficient (Wildman–Crippen LogP) is 5.78. The molecule has 7 heteroatoms. The van der Waals surface area contributed by atoms with Gasteiger partial charge in [-0.05, 0) is 53.4 Å². The van der Waals surface area contributed by atoms with Crippen LogP contribution in [0.3, 0.4) is 0 Å². The van der Waals surface area contributed by atoms with Crippen LogP contribution in [0.4, 0.5) is 0 Å². The van der Waals surface area contributed by atoms with Gasteiger partial charge in [-0.1, -0.05) is 79.5 Å². The van der Waals surface area contributed by atoms with E-state index >= 15 is 0 Å². The molecule has 0 bridgehead atoms. The molecule has 0 spiro atoms. The van der Waals surface area contributed by atoms with Crippen molar-refractivity contribution in [2.45, 2.75) is 32.9 Å². The number of ether oxygens (including phenoxy) is 1. The Morgan fingerprint density at radius 1 is 0.886 bits per heavy atom. The van der Waals surface area contributed by atoms with E-state index in [-0.39, 0.29) is 30.9 Å². The first-order valence-electron chi connectivity index (χ1n) is 11.6. The van der Waals surface area contributed by atoms with E-state index in [4.69, 9.17) is 27.9 Å². The fourth-order valence-electron chi connectivity index (χ4n) is 3.57. The lowest BCUT2D eigenvalue weighted by Gasteiger charge is -2.31. The summed E-state index contributed by atoms with van der Waals surface area (Å²) in [5.74, 6) is 0.293. The van der Waals surface area contributed by atoms with E-state index in [9.17, 15) is 9.59 Å². The summed E-state index contributed by atoms with van der Waals surface area (Å²) >= 11 is 12.1. The third kappa shape index (κ3) is 8.61. The molecule has 1 unspecified atom stereocenters. The van der Waals surface area contributed by atoms with Crippen LogP contribution in [-0.2, 0) is 22.6 Å². The van der Waals surface area contributed by atoms with Gasteiger partial charge >= 0.3 is 0 Å². The van der Waals surface area contributed by atoms with E-state index in [1.54, 1.807) is 41.3 Å². The second-order valence-electron chi connectivity index (χ2n) is 8.74. The van der Waals surface area contributed by atoms with E-state index in [2.05, 4.69) is 5.32 Å². The number of amides is 2. The van der Waals surface area contributed by atoms with Crippen LogP contribution in [0.2, 0.25) is 10.0 Å². The average Bonchev–Trinajstić information content (AvgIpc) is 2.85. The van der Waals surface area contributed by atoms with Crippen molar-refractivity contribution in [3.8, 4) is 5.75 Å². The number of benzene rings is 3. The normalized spacial score (nSPS) is 11.7. The van der Waals surface area contributed by atoms with Gasteiger partial charge in [-0.15, -0.1) is 0 Å². The molecule has 0 aliphatic heterocycles. The van der Waals surface area contributed by atoms with Crippen LogP contribution in [0.1, 0.15) is 25.0 Å². The highest BCUT2D eigenvalue weighted by Gasteiger charge is 2.30. The molecule has 5 nitrogen and oxygen atoms in total. The average molecular weight is 513 g/mol. The minimum absolute atomic E-state index is 0.204. The highest BCUT2D eigenvalue weighted by Crippen LogP contribution is 2.19. The van der Waals surface area contributed by atoms with E-state index in [0.29, 0.717) is 28.8 Å². The molecule has 1 atom stereocenters. The van der Waals surface area contributed by atoms with Crippen molar-refractivity contribution < 1.29 is 14.3 Å². The van der Waals surface area contributed by atoms with Crippen molar-refractivity contribution >= 4 is 35.0 Å². The number of nitrogens with zero attached hydrogens (tertiary/aromatic N) is 1. The van der Waals surface area contributed by atoms with E-state index in [1.165, 1.54) is 0 Å². The Hall–Kier alpha value is -3.02. The summed E-state index contributed by atoms with van der Waals surface area (Å²) in [6, 6.07) is 23.0. The first kappa shape index (κ1) is 26.6. The monoisotopic (exact) mass is 512 g/mol. The lowest BCUT2D eigenvalue weighted by Crippen LogP contribution is -2.52. The highest BCUT2D eigenvalue weighted by atomic mass is 35.5. The Balaban J connectivity index is 1.89. The van der Waals surface area contributed by atoms with Gasteiger partial charge in [0, 0.05) is 29.6 Å². The minimum Gasteiger partial charge on any atom is -0.484 e. The molecular formula is C28H30Cl2N2O3. The fourth-order valence-corrected chi connectivity index (χ4v) is 3.91. The third-order valence-electron chi connectivity index (χ3n) is 5.37. The third-order valence-corrected chi connectivity index (χ3v) is 5.86. The zero-order chi connectivity index (χ0) is 25.2. The van der Waals surface area contributed by atoms with Gasteiger partial charge in [0.1, 0.15) is 11.8 Å². The number of carbonyl (C=O) groups is 2. The zero-order valence-corrected chi connectivity index (χ0v) is 21.4. The largest absolute Gasteiger partial charge is 0.484 e. The smallest absolute Gasteiger partial charge is 0.261 e. The molecule has 0 fully saturated rings. The quantitative estimate of drug-likeness (QED) is 0.354. The minimum atomic E-state index is -0.726. The van der Waals surface area contributed by atoms with Gasteiger partial charge in [0.25, 0.3) is 5.91 Å². The number of halogens is 2. The van der Waals surface area contributed by atoms with Gasteiger partial charge < -0.3 is 15.0 Å². The maximum Gasteiger partial charge on any atom is 0.261 e. The van der Waals surface area contributed by atoms with Crippen LogP contribution in [0.15, 0.2) is 78.9 Å². The van der Waals surface area contributed by atoms with Crippen molar-refractivity contribution in [1.82, 2.24) is 10.2 Å². The van der Waals surface area contributed by atoms with Gasteiger partial charge in [0.15, 0.2) is 6.61 Å². The fraction of sp³-hybridized carbons (Fsp3) is 0.286. The van der Waals surface area contributed by atoms with Crippen molar-refractivity contribution in [3.63, 3.8) is 0 Å². The van der Waals surface area contributed by atoms with Gasteiger partial charge in [0.05, 0.1) is 0 Å². The molecule has 184 valence electrons. The summed E-state index contributed by atoms with van der Waals surface area (Å²) < 4.78 is 5.74. The molecule has 35 heavy (non-hydrogen) atoms. The van der Waals surface area contributed by atoms with Crippen molar-refractivity contribution in [1.29, 1.82) is 0 Å². The first-order valence-corrected chi connectivity index (χ1v) is 12.3. The van der Waals surface area contributed by atoms with Crippen LogP contribution in [0.5, 0.6) is 5.75 Å². The van der Waals surface area contributed by atoms with Crippen molar-refractivity contribution in [2.24, 2.45) is 5.92 Å². The molecule has 0 heterocycles. The standard InChI is InChI=1S/C28H30Cl2N2O3/c1-20(2)17-31-28(34)26(16-21-7-4-3-5-8-21)32(18-22-9-6-10-24(30)15-22)27(33)19-35-25-13-11-23(29)12-14-25/h3-15,20,26H,16-19H2,1-2H3,(H,31,34). The molecule has 3 rings (SSSR count). The Labute approximate surface area is 217 Å². The zero-order valence-electron chi connectivity index (χ0n) is 19.9. The van der Waals surface area contributed by atoms with Crippen LogP contribution in [0, 0.1) is 5.92 Å². The molecule has 0 aliphatic carbocycles. The summed E-state index contributed by atoms with van der Waals surface area (Å²) in [6.07, 6.45) is 0.373. The predicted molar refractivity (Wildman–Crippen MR) is 141 cm³/mol. The van der Waals surface area contributed by atoms with Crippen molar-refractivity contribution in [3.05, 3.63) is 100 Å². The van der Waals surface area contributed by atoms with Crippen LogP contribution in [-0.4, -0.2) is 35.9 Å². The van der Waals surface area contributed by atoms with Crippen LogP contribution < -0.4 is 10.1 Å². The summed E-state index contributed by atoms with van der Waals surface area (Å²) in [7, 11) is 0. The Kier molecular flexibility index (Phi) is 10.0. The number of rotatable bonds is 11. The SMILES string of the molecule is CC(C)CNC(=O)C(Cc1ccccc1)N(Cc1cccc(Cl)c1)C(=O)COc1ccc(Cl)cc1.